The second kappa shape index (κ2) is 6.46. The molecule has 0 aliphatic heterocycles. The number of pyridine rings is 2. The van der Waals surface area contributed by atoms with Gasteiger partial charge >= 0.3 is 0 Å². The largest absolute Gasteiger partial charge is 0.384 e. The fourth-order valence-corrected chi connectivity index (χ4v) is 2.21. The van der Waals surface area contributed by atoms with Crippen molar-refractivity contribution in [3.63, 3.8) is 0 Å². The van der Waals surface area contributed by atoms with Gasteiger partial charge in [-0.25, -0.2) is 9.97 Å². The van der Waals surface area contributed by atoms with Crippen LogP contribution in [0.25, 0.3) is 11.3 Å². The maximum absolute atomic E-state index is 12.3. The average Bonchev–Trinajstić information content (AvgIpc) is 2.58. The second-order valence-electron chi connectivity index (χ2n) is 4.81. The maximum atomic E-state index is 12.3. The molecule has 23 heavy (non-hydrogen) atoms. The Balaban J connectivity index is 1.86. The summed E-state index contributed by atoms with van der Waals surface area (Å²) in [5.41, 5.74) is 7.83. The molecule has 3 aromatic rings. The van der Waals surface area contributed by atoms with Crippen LogP contribution < -0.4 is 11.1 Å². The van der Waals surface area contributed by atoms with Crippen LogP contribution >= 0.6 is 11.6 Å². The van der Waals surface area contributed by atoms with E-state index in [0.29, 0.717) is 27.9 Å². The van der Waals surface area contributed by atoms with Crippen LogP contribution in [0.2, 0.25) is 5.02 Å². The van der Waals surface area contributed by atoms with E-state index in [1.807, 2.05) is 0 Å². The number of benzene rings is 1. The molecule has 2 heterocycles. The number of aromatic nitrogens is 2. The number of amides is 1. The van der Waals surface area contributed by atoms with E-state index in [1.54, 1.807) is 60.8 Å². The maximum Gasteiger partial charge on any atom is 0.274 e. The molecule has 114 valence electrons. The number of carbonyl (C=O) groups excluding carboxylic acids is 1. The molecule has 0 radical (unpaired) electrons. The summed E-state index contributed by atoms with van der Waals surface area (Å²) in [4.78, 5) is 20.7. The van der Waals surface area contributed by atoms with E-state index in [2.05, 4.69) is 15.3 Å². The van der Waals surface area contributed by atoms with Crippen LogP contribution in [0, 0.1) is 0 Å². The van der Waals surface area contributed by atoms with Crippen molar-refractivity contribution in [3.05, 3.63) is 71.5 Å². The van der Waals surface area contributed by atoms with Crippen molar-refractivity contribution in [2.45, 2.75) is 0 Å². The van der Waals surface area contributed by atoms with E-state index in [9.17, 15) is 4.79 Å². The number of hydrogen-bond acceptors (Lipinski definition) is 4. The smallest absolute Gasteiger partial charge is 0.274 e. The molecule has 0 unspecified atom stereocenters. The summed E-state index contributed by atoms with van der Waals surface area (Å²) >= 11 is 6.04. The molecular formula is C17H13ClN4O. The highest BCUT2D eigenvalue weighted by Crippen LogP contribution is 2.22. The van der Waals surface area contributed by atoms with Gasteiger partial charge in [0.05, 0.1) is 16.4 Å². The molecule has 0 aliphatic carbocycles. The Bertz CT molecular complexity index is 849. The molecular weight excluding hydrogens is 312 g/mol. The first-order valence-corrected chi connectivity index (χ1v) is 7.26. The first-order chi connectivity index (χ1) is 11.1. The summed E-state index contributed by atoms with van der Waals surface area (Å²) in [7, 11) is 0. The number of halogens is 1. The third kappa shape index (κ3) is 3.46. The second-order valence-corrected chi connectivity index (χ2v) is 5.22. The lowest BCUT2D eigenvalue weighted by molar-refractivity contribution is 0.102. The Morgan fingerprint density at radius 1 is 1.04 bits per heavy atom. The molecule has 2 aromatic heterocycles. The van der Waals surface area contributed by atoms with Crippen molar-refractivity contribution in [1.82, 2.24) is 9.97 Å². The van der Waals surface area contributed by atoms with E-state index in [4.69, 9.17) is 17.3 Å². The lowest BCUT2D eigenvalue weighted by Gasteiger charge is -2.08. The highest BCUT2D eigenvalue weighted by atomic mass is 35.5. The molecule has 1 amide bonds. The zero-order chi connectivity index (χ0) is 16.2. The quantitative estimate of drug-likeness (QED) is 0.770. The molecule has 3 N–H and O–H groups in total. The molecule has 0 spiro atoms. The average molecular weight is 325 g/mol. The van der Waals surface area contributed by atoms with Crippen LogP contribution in [-0.4, -0.2) is 15.9 Å². The molecule has 1 aromatic carbocycles. The van der Waals surface area contributed by atoms with E-state index in [-0.39, 0.29) is 5.91 Å². The number of para-hydroxylation sites is 1. The molecule has 0 fully saturated rings. The summed E-state index contributed by atoms with van der Waals surface area (Å²) < 4.78 is 0. The summed E-state index contributed by atoms with van der Waals surface area (Å²) in [6, 6.07) is 15.7. The van der Waals surface area contributed by atoms with Gasteiger partial charge in [0.15, 0.2) is 0 Å². The SMILES string of the molecule is Nc1ccc(-c2cccc(C(=O)Nc3ccccc3Cl)n2)cn1. The molecule has 0 saturated heterocycles. The Labute approximate surface area is 138 Å². The molecule has 0 aliphatic rings. The van der Waals surface area contributed by atoms with Gasteiger partial charge in [0.1, 0.15) is 11.5 Å². The van der Waals surface area contributed by atoms with Gasteiger partial charge in [0, 0.05) is 11.8 Å². The van der Waals surface area contributed by atoms with Crippen molar-refractivity contribution in [2.24, 2.45) is 0 Å². The van der Waals surface area contributed by atoms with Gasteiger partial charge in [0.25, 0.3) is 5.91 Å². The summed E-state index contributed by atoms with van der Waals surface area (Å²) in [5, 5.41) is 3.22. The Hall–Kier alpha value is -2.92. The Kier molecular flexibility index (Phi) is 4.21. The van der Waals surface area contributed by atoms with Crippen LogP contribution in [0.1, 0.15) is 10.5 Å². The zero-order valence-electron chi connectivity index (χ0n) is 12.0. The molecule has 5 nitrogen and oxygen atoms in total. The van der Waals surface area contributed by atoms with E-state index < -0.39 is 0 Å². The highest BCUT2D eigenvalue weighted by molar-refractivity contribution is 6.33. The summed E-state index contributed by atoms with van der Waals surface area (Å²) in [5.74, 6) is 0.102. The number of nitrogens with zero attached hydrogens (tertiary/aromatic N) is 2. The van der Waals surface area contributed by atoms with Crippen molar-refractivity contribution in [1.29, 1.82) is 0 Å². The van der Waals surface area contributed by atoms with E-state index >= 15 is 0 Å². The van der Waals surface area contributed by atoms with Crippen LogP contribution in [0.15, 0.2) is 60.8 Å². The van der Waals surface area contributed by atoms with Crippen molar-refractivity contribution >= 4 is 29.0 Å². The number of carbonyl (C=O) groups is 1. The van der Waals surface area contributed by atoms with Gasteiger partial charge in [-0.05, 0) is 36.4 Å². The van der Waals surface area contributed by atoms with Crippen LogP contribution in [0.5, 0.6) is 0 Å². The highest BCUT2D eigenvalue weighted by Gasteiger charge is 2.11. The number of nitrogens with two attached hydrogens (primary N) is 1. The molecule has 6 heteroatoms. The zero-order valence-corrected chi connectivity index (χ0v) is 12.8. The first-order valence-electron chi connectivity index (χ1n) is 6.88. The lowest BCUT2D eigenvalue weighted by atomic mass is 10.2. The minimum absolute atomic E-state index is 0.291. The van der Waals surface area contributed by atoms with Crippen LogP contribution in [-0.2, 0) is 0 Å². The van der Waals surface area contributed by atoms with Crippen molar-refractivity contribution in [2.75, 3.05) is 11.1 Å². The third-order valence-electron chi connectivity index (χ3n) is 3.19. The van der Waals surface area contributed by atoms with Crippen LogP contribution in [0.4, 0.5) is 11.5 Å². The fraction of sp³-hybridized carbons (Fsp3) is 0. The predicted molar refractivity (Wildman–Crippen MR) is 91.3 cm³/mol. The van der Waals surface area contributed by atoms with Crippen molar-refractivity contribution in [3.8, 4) is 11.3 Å². The lowest BCUT2D eigenvalue weighted by Crippen LogP contribution is -2.14. The molecule has 0 atom stereocenters. The number of rotatable bonds is 3. The first kappa shape index (κ1) is 15.0. The molecule has 0 saturated carbocycles. The Morgan fingerprint density at radius 2 is 1.87 bits per heavy atom. The van der Waals surface area contributed by atoms with Crippen LogP contribution in [0.3, 0.4) is 0 Å². The van der Waals surface area contributed by atoms with E-state index in [1.165, 1.54) is 0 Å². The number of anilines is 2. The van der Waals surface area contributed by atoms with Gasteiger partial charge < -0.3 is 11.1 Å². The topological polar surface area (TPSA) is 80.9 Å². The summed E-state index contributed by atoms with van der Waals surface area (Å²) in [6.45, 7) is 0. The number of nitrogens with one attached hydrogen (secondary N) is 1. The predicted octanol–water partition coefficient (Wildman–Crippen LogP) is 3.63. The number of nitrogen functional groups attached to an aromatic ring is 1. The van der Waals surface area contributed by atoms with Gasteiger partial charge in [-0.2, -0.15) is 0 Å². The van der Waals surface area contributed by atoms with Gasteiger partial charge in [-0.15, -0.1) is 0 Å². The Morgan fingerprint density at radius 3 is 2.61 bits per heavy atom. The monoisotopic (exact) mass is 324 g/mol. The molecule has 3 rings (SSSR count). The minimum Gasteiger partial charge on any atom is -0.384 e. The third-order valence-corrected chi connectivity index (χ3v) is 3.52. The van der Waals surface area contributed by atoms with E-state index in [0.717, 1.165) is 5.56 Å². The standard InChI is InChI=1S/C17H13ClN4O/c18-12-4-1-2-5-14(12)22-17(23)15-7-3-6-13(21-15)11-8-9-16(19)20-10-11/h1-10H,(H2,19,20)(H,22,23). The van der Waals surface area contributed by atoms with Gasteiger partial charge in [-0.3, -0.25) is 4.79 Å². The summed E-state index contributed by atoms with van der Waals surface area (Å²) in [6.07, 6.45) is 1.62. The fourth-order valence-electron chi connectivity index (χ4n) is 2.03. The minimum atomic E-state index is -0.330. The van der Waals surface area contributed by atoms with Gasteiger partial charge in [-0.1, -0.05) is 29.8 Å². The van der Waals surface area contributed by atoms with Gasteiger partial charge in [0.2, 0.25) is 0 Å². The number of hydrogen-bond donors (Lipinski definition) is 2. The molecule has 0 bridgehead atoms. The normalized spacial score (nSPS) is 10.3. The van der Waals surface area contributed by atoms with Crippen molar-refractivity contribution < 1.29 is 4.79 Å².